The van der Waals surface area contributed by atoms with Crippen LogP contribution < -0.4 is 5.32 Å². The van der Waals surface area contributed by atoms with Gasteiger partial charge in [-0.2, -0.15) is 0 Å². The van der Waals surface area contributed by atoms with Crippen molar-refractivity contribution in [3.63, 3.8) is 0 Å². The summed E-state index contributed by atoms with van der Waals surface area (Å²) in [4.78, 5) is 51.3. The van der Waals surface area contributed by atoms with Crippen LogP contribution in [0.15, 0.2) is 24.3 Å². The lowest BCUT2D eigenvalue weighted by Crippen LogP contribution is -2.50. The summed E-state index contributed by atoms with van der Waals surface area (Å²) in [5.74, 6) is -0.935. The van der Waals surface area contributed by atoms with Crippen LogP contribution in [0.5, 0.6) is 0 Å². The van der Waals surface area contributed by atoms with Crippen LogP contribution in [0.25, 0.3) is 6.08 Å². The number of nitrogens with zero attached hydrogens (tertiary/aromatic N) is 3. The van der Waals surface area contributed by atoms with Gasteiger partial charge in [0.25, 0.3) is 11.6 Å². The van der Waals surface area contributed by atoms with Crippen LogP contribution in [0.2, 0.25) is 0 Å². The van der Waals surface area contributed by atoms with Crippen molar-refractivity contribution in [1.82, 2.24) is 15.1 Å². The van der Waals surface area contributed by atoms with Crippen LogP contribution in [0.3, 0.4) is 0 Å². The number of morpholine rings is 1. The summed E-state index contributed by atoms with van der Waals surface area (Å²) < 4.78 is 10.6. The van der Waals surface area contributed by atoms with Gasteiger partial charge in [0.15, 0.2) is 0 Å². The van der Waals surface area contributed by atoms with E-state index in [0.717, 1.165) is 6.54 Å². The topological polar surface area (TPSA) is 131 Å². The van der Waals surface area contributed by atoms with Gasteiger partial charge in [-0.25, -0.2) is 0 Å². The maximum absolute atomic E-state index is 12.8. The molecule has 0 aliphatic carbocycles. The fraction of sp³-hybridized carbons (Fsp3) is 0.522. The van der Waals surface area contributed by atoms with Gasteiger partial charge >= 0.3 is 5.97 Å². The Morgan fingerprint density at radius 2 is 1.94 bits per heavy atom. The first-order chi connectivity index (χ1) is 16.4. The van der Waals surface area contributed by atoms with Gasteiger partial charge in [0.2, 0.25) is 5.91 Å². The molecule has 2 amide bonds. The van der Waals surface area contributed by atoms with Crippen LogP contribution in [-0.2, 0) is 19.1 Å². The highest BCUT2D eigenvalue weighted by Crippen LogP contribution is 2.23. The first-order valence-electron chi connectivity index (χ1n) is 11.3. The molecule has 11 heteroatoms. The number of rotatable bonds is 8. The van der Waals surface area contributed by atoms with Gasteiger partial charge in [-0.1, -0.05) is 12.2 Å². The normalized spacial score (nSPS) is 18.7. The minimum atomic E-state index is -0.507. The Labute approximate surface area is 197 Å². The van der Waals surface area contributed by atoms with Gasteiger partial charge in [-0.3, -0.25) is 24.5 Å². The van der Waals surface area contributed by atoms with Crippen molar-refractivity contribution in [3.8, 4) is 0 Å². The molecule has 2 heterocycles. The minimum Gasteiger partial charge on any atom is -0.463 e. The van der Waals surface area contributed by atoms with Crippen molar-refractivity contribution in [2.75, 3.05) is 52.5 Å². The third-order valence-electron chi connectivity index (χ3n) is 5.72. The van der Waals surface area contributed by atoms with Crippen LogP contribution in [-0.4, -0.2) is 91.1 Å². The van der Waals surface area contributed by atoms with Crippen molar-refractivity contribution in [1.29, 1.82) is 0 Å². The highest BCUT2D eigenvalue weighted by Gasteiger charge is 2.26. The SMILES string of the molecule is C/C=C/c1ccc(C(=O)N2CCN(C(=O)CCC(=O)OCC3CNCCO3)CC2)cc1[N+](=O)[O-]. The highest BCUT2D eigenvalue weighted by atomic mass is 16.6. The number of hydrogen-bond acceptors (Lipinski definition) is 8. The zero-order valence-corrected chi connectivity index (χ0v) is 19.2. The molecule has 2 aliphatic rings. The molecule has 0 saturated carbocycles. The van der Waals surface area contributed by atoms with Crippen molar-refractivity contribution >= 4 is 29.5 Å². The van der Waals surface area contributed by atoms with Crippen molar-refractivity contribution < 1.29 is 28.8 Å². The minimum absolute atomic E-state index is 0.0135. The predicted octanol–water partition coefficient (Wildman–Crippen LogP) is 1.22. The number of ether oxygens (including phenoxy) is 2. The largest absolute Gasteiger partial charge is 0.463 e. The van der Waals surface area contributed by atoms with Crippen molar-refractivity contribution in [2.24, 2.45) is 0 Å². The van der Waals surface area contributed by atoms with Gasteiger partial charge in [-0.05, 0) is 19.1 Å². The molecule has 0 aromatic heterocycles. The van der Waals surface area contributed by atoms with Gasteiger partial charge in [0.1, 0.15) is 12.7 Å². The fourth-order valence-corrected chi connectivity index (χ4v) is 3.85. The lowest BCUT2D eigenvalue weighted by atomic mass is 10.1. The molecule has 11 nitrogen and oxygen atoms in total. The Morgan fingerprint density at radius 3 is 2.59 bits per heavy atom. The number of esters is 1. The Hall–Kier alpha value is -3.31. The summed E-state index contributed by atoms with van der Waals surface area (Å²) in [6.07, 6.45) is 3.17. The molecule has 0 bridgehead atoms. The van der Waals surface area contributed by atoms with Gasteiger partial charge in [-0.15, -0.1) is 0 Å². The quantitative estimate of drug-likeness (QED) is 0.338. The molecule has 34 heavy (non-hydrogen) atoms. The number of nitrogens with one attached hydrogen (secondary N) is 1. The predicted molar refractivity (Wildman–Crippen MR) is 123 cm³/mol. The molecular formula is C23H30N4O7. The number of amides is 2. The van der Waals surface area contributed by atoms with Crippen LogP contribution in [0, 0.1) is 10.1 Å². The van der Waals surface area contributed by atoms with Crippen molar-refractivity contribution in [3.05, 3.63) is 45.5 Å². The zero-order valence-electron chi connectivity index (χ0n) is 19.2. The molecular weight excluding hydrogens is 444 g/mol. The summed E-state index contributed by atoms with van der Waals surface area (Å²) >= 11 is 0. The molecule has 0 radical (unpaired) electrons. The second-order valence-electron chi connectivity index (χ2n) is 8.08. The summed E-state index contributed by atoms with van der Waals surface area (Å²) in [6.45, 7) is 5.19. The summed E-state index contributed by atoms with van der Waals surface area (Å²) in [5, 5.41) is 14.5. The first kappa shape index (κ1) is 25.3. The van der Waals surface area contributed by atoms with E-state index < -0.39 is 10.9 Å². The van der Waals surface area contributed by atoms with E-state index >= 15 is 0 Å². The third-order valence-corrected chi connectivity index (χ3v) is 5.72. The van der Waals surface area contributed by atoms with E-state index in [1.165, 1.54) is 6.07 Å². The van der Waals surface area contributed by atoms with E-state index in [1.807, 2.05) is 0 Å². The number of hydrogen-bond donors (Lipinski definition) is 1. The maximum Gasteiger partial charge on any atom is 0.306 e. The molecule has 2 saturated heterocycles. The third kappa shape index (κ3) is 6.84. The Kier molecular flexibility index (Phi) is 9.11. The average molecular weight is 475 g/mol. The van der Waals surface area contributed by atoms with Crippen LogP contribution >= 0.6 is 0 Å². The average Bonchev–Trinajstić information content (AvgIpc) is 2.86. The second-order valence-corrected chi connectivity index (χ2v) is 8.08. The molecule has 1 atom stereocenters. The summed E-state index contributed by atoms with van der Waals surface area (Å²) in [6, 6.07) is 4.42. The summed E-state index contributed by atoms with van der Waals surface area (Å²) in [5.41, 5.74) is 0.538. The van der Waals surface area contributed by atoms with E-state index in [-0.39, 0.29) is 48.6 Å². The first-order valence-corrected chi connectivity index (χ1v) is 11.3. The number of carbonyl (C=O) groups excluding carboxylic acids is 3. The molecule has 1 aromatic rings. The molecule has 3 rings (SSSR count). The van der Waals surface area contributed by atoms with Crippen LogP contribution in [0.4, 0.5) is 5.69 Å². The molecule has 0 spiro atoms. The highest BCUT2D eigenvalue weighted by molar-refractivity contribution is 5.95. The molecule has 2 aliphatic heterocycles. The van der Waals surface area contributed by atoms with E-state index in [2.05, 4.69) is 5.32 Å². The number of piperazine rings is 1. The fourth-order valence-electron chi connectivity index (χ4n) is 3.85. The van der Waals surface area contributed by atoms with E-state index in [0.29, 0.717) is 44.9 Å². The molecule has 184 valence electrons. The number of carbonyl (C=O) groups is 3. The Bertz CT molecular complexity index is 935. The molecule has 1 aromatic carbocycles. The van der Waals surface area contributed by atoms with Crippen LogP contribution in [0.1, 0.15) is 35.7 Å². The number of nitro benzene ring substituents is 1. The van der Waals surface area contributed by atoms with Gasteiger partial charge in [0, 0.05) is 57.3 Å². The summed E-state index contributed by atoms with van der Waals surface area (Å²) in [7, 11) is 0. The van der Waals surface area contributed by atoms with E-state index in [4.69, 9.17) is 9.47 Å². The number of benzene rings is 1. The number of nitro groups is 1. The zero-order chi connectivity index (χ0) is 24.5. The molecule has 1 N–H and O–H groups in total. The van der Waals surface area contributed by atoms with Crippen molar-refractivity contribution in [2.45, 2.75) is 25.9 Å². The lowest BCUT2D eigenvalue weighted by Gasteiger charge is -2.34. The van der Waals surface area contributed by atoms with Gasteiger partial charge in [0.05, 0.1) is 23.5 Å². The standard InChI is InChI=1S/C23H30N4O7/c1-2-3-17-4-5-18(14-20(17)27(31)32)23(30)26-11-9-25(10-12-26)21(28)6-7-22(29)34-16-19-15-24-8-13-33-19/h2-5,14,19,24H,6-13,15-16H2,1H3/b3-2+. The Morgan fingerprint density at radius 1 is 1.21 bits per heavy atom. The second kappa shape index (κ2) is 12.2. The smallest absolute Gasteiger partial charge is 0.306 e. The van der Waals surface area contributed by atoms with E-state index in [1.54, 1.807) is 41.0 Å². The maximum atomic E-state index is 12.8. The molecule has 2 fully saturated rings. The molecule has 1 unspecified atom stereocenters. The van der Waals surface area contributed by atoms with E-state index in [9.17, 15) is 24.5 Å². The monoisotopic (exact) mass is 474 g/mol. The Balaban J connectivity index is 1.44. The lowest BCUT2D eigenvalue weighted by molar-refractivity contribution is -0.385. The number of allylic oxidation sites excluding steroid dienone is 1. The van der Waals surface area contributed by atoms with Gasteiger partial charge < -0.3 is 24.6 Å².